The first-order valence-corrected chi connectivity index (χ1v) is 10.8. The van der Waals surface area contributed by atoms with Gasteiger partial charge in [0.05, 0.1) is 30.5 Å². The Hall–Kier alpha value is -3.61. The Kier molecular flexibility index (Phi) is 6.25. The van der Waals surface area contributed by atoms with Crippen molar-refractivity contribution in [2.75, 3.05) is 7.11 Å². The molecule has 0 amide bonds. The summed E-state index contributed by atoms with van der Waals surface area (Å²) in [7, 11) is 1.61. The van der Waals surface area contributed by atoms with Crippen molar-refractivity contribution in [3.8, 4) is 23.0 Å². The highest BCUT2D eigenvalue weighted by molar-refractivity contribution is 5.59. The molecule has 0 aliphatic heterocycles. The van der Waals surface area contributed by atoms with Crippen LogP contribution in [-0.2, 0) is 6.42 Å². The number of aryl methyl sites for hydroxylation is 3. The topological polar surface area (TPSA) is 78.6 Å². The minimum atomic E-state index is 0.311. The van der Waals surface area contributed by atoms with Gasteiger partial charge in [0.15, 0.2) is 0 Å². The van der Waals surface area contributed by atoms with Crippen LogP contribution in [0.2, 0.25) is 0 Å². The monoisotopic (exact) mass is 428 g/mol. The van der Waals surface area contributed by atoms with Crippen molar-refractivity contribution in [1.82, 2.24) is 29.7 Å². The second-order valence-electron chi connectivity index (χ2n) is 8.08. The van der Waals surface area contributed by atoms with Crippen molar-refractivity contribution in [2.24, 2.45) is 0 Å². The average molecular weight is 429 g/mol. The third-order valence-electron chi connectivity index (χ3n) is 5.66. The maximum Gasteiger partial charge on any atom is 0.238 e. The number of imidazole rings is 1. The lowest BCUT2D eigenvalue weighted by Gasteiger charge is -2.15. The van der Waals surface area contributed by atoms with Gasteiger partial charge in [-0.3, -0.25) is 4.98 Å². The lowest BCUT2D eigenvalue weighted by Crippen LogP contribution is -2.08. The van der Waals surface area contributed by atoms with Gasteiger partial charge in [-0.25, -0.2) is 9.97 Å². The maximum atomic E-state index is 5.53. The van der Waals surface area contributed by atoms with Crippen molar-refractivity contribution in [1.29, 1.82) is 0 Å². The summed E-state index contributed by atoms with van der Waals surface area (Å²) in [6.07, 6.45) is 7.41. The fourth-order valence-electron chi connectivity index (χ4n) is 3.72. The number of rotatable bonds is 7. The highest BCUT2D eigenvalue weighted by Crippen LogP contribution is 2.27. The largest absolute Gasteiger partial charge is 0.479 e. The first-order chi connectivity index (χ1) is 15.5. The molecular weight excluding hydrogens is 400 g/mol. The summed E-state index contributed by atoms with van der Waals surface area (Å²) in [6, 6.07) is 10.2. The molecular formula is C25H28N6O. The van der Waals surface area contributed by atoms with Crippen LogP contribution in [0.1, 0.15) is 47.5 Å². The molecule has 4 heterocycles. The molecule has 7 nitrogen and oxygen atoms in total. The van der Waals surface area contributed by atoms with Crippen LogP contribution in [0, 0.1) is 20.8 Å². The van der Waals surface area contributed by atoms with Gasteiger partial charge in [-0.2, -0.15) is 5.10 Å². The number of pyridine rings is 2. The zero-order valence-electron chi connectivity index (χ0n) is 19.2. The van der Waals surface area contributed by atoms with Crippen LogP contribution in [0.25, 0.3) is 17.1 Å². The number of aromatic nitrogens is 6. The van der Waals surface area contributed by atoms with E-state index in [1.165, 1.54) is 5.56 Å². The molecule has 164 valence electrons. The molecule has 0 aliphatic rings. The molecule has 0 radical (unpaired) electrons. The van der Waals surface area contributed by atoms with Crippen LogP contribution in [0.15, 0.2) is 49.1 Å². The SMILES string of the molecule is CC[C@H](Cc1nnc(-c2ccc(-n3cnc(C)c3)c(OC)n2)cc1C)c1ccc(C)cn1. The van der Waals surface area contributed by atoms with E-state index in [2.05, 4.69) is 58.1 Å². The van der Waals surface area contributed by atoms with Crippen LogP contribution >= 0.6 is 0 Å². The van der Waals surface area contributed by atoms with Gasteiger partial charge in [-0.05, 0) is 62.6 Å². The van der Waals surface area contributed by atoms with Gasteiger partial charge in [0.25, 0.3) is 0 Å². The molecule has 4 aromatic rings. The summed E-state index contributed by atoms with van der Waals surface area (Å²) in [5, 5.41) is 9.03. The van der Waals surface area contributed by atoms with Crippen molar-refractivity contribution in [2.45, 2.75) is 46.5 Å². The molecule has 0 aromatic carbocycles. The summed E-state index contributed by atoms with van der Waals surface area (Å²) >= 11 is 0. The number of ether oxygens (including phenoxy) is 1. The highest BCUT2D eigenvalue weighted by Gasteiger charge is 2.16. The van der Waals surface area contributed by atoms with Crippen LogP contribution in [0.4, 0.5) is 0 Å². The summed E-state index contributed by atoms with van der Waals surface area (Å²) < 4.78 is 7.43. The van der Waals surface area contributed by atoms with Gasteiger partial charge in [-0.1, -0.05) is 13.0 Å². The Morgan fingerprint density at radius 2 is 1.84 bits per heavy atom. The van der Waals surface area contributed by atoms with E-state index in [-0.39, 0.29) is 0 Å². The molecule has 0 fully saturated rings. The molecule has 0 saturated heterocycles. The van der Waals surface area contributed by atoms with Gasteiger partial charge in [0.2, 0.25) is 5.88 Å². The van der Waals surface area contributed by atoms with E-state index in [4.69, 9.17) is 4.74 Å². The Balaban J connectivity index is 1.59. The van der Waals surface area contributed by atoms with Gasteiger partial charge in [-0.15, -0.1) is 5.10 Å². The van der Waals surface area contributed by atoms with Gasteiger partial charge >= 0.3 is 0 Å². The summed E-state index contributed by atoms with van der Waals surface area (Å²) in [5.41, 5.74) is 7.54. The van der Waals surface area contributed by atoms with Crippen LogP contribution in [0.5, 0.6) is 5.88 Å². The fraction of sp³-hybridized carbons (Fsp3) is 0.320. The van der Waals surface area contributed by atoms with Crippen molar-refractivity contribution in [3.05, 3.63) is 77.3 Å². The Labute approximate surface area is 188 Å². The zero-order valence-corrected chi connectivity index (χ0v) is 19.2. The number of hydrogen-bond acceptors (Lipinski definition) is 6. The van der Waals surface area contributed by atoms with Crippen LogP contribution < -0.4 is 4.74 Å². The molecule has 0 aliphatic carbocycles. The summed E-state index contributed by atoms with van der Waals surface area (Å²) in [4.78, 5) is 13.6. The van der Waals surface area contributed by atoms with E-state index in [0.717, 1.165) is 52.6 Å². The normalized spacial score (nSPS) is 12.0. The minimum Gasteiger partial charge on any atom is -0.479 e. The van der Waals surface area contributed by atoms with Crippen molar-refractivity contribution < 1.29 is 4.74 Å². The third kappa shape index (κ3) is 4.51. The van der Waals surface area contributed by atoms with Crippen LogP contribution in [0.3, 0.4) is 0 Å². The molecule has 0 N–H and O–H groups in total. The van der Waals surface area contributed by atoms with Crippen molar-refractivity contribution in [3.63, 3.8) is 0 Å². The minimum absolute atomic E-state index is 0.311. The zero-order chi connectivity index (χ0) is 22.7. The maximum absolute atomic E-state index is 5.53. The smallest absolute Gasteiger partial charge is 0.238 e. The van der Waals surface area contributed by atoms with E-state index >= 15 is 0 Å². The van der Waals surface area contributed by atoms with Crippen molar-refractivity contribution >= 4 is 0 Å². The molecule has 1 atom stereocenters. The van der Waals surface area contributed by atoms with E-state index in [1.54, 1.807) is 13.4 Å². The standard InChI is InChI=1S/C25H28N6O/c1-6-19(20-8-7-16(2)13-26-20)12-22-17(3)11-23(30-29-22)21-9-10-24(25(28-21)32-5)31-14-18(4)27-15-31/h7-11,13-15,19H,6,12H2,1-5H3/t19-/m1/s1. The second-order valence-corrected chi connectivity index (χ2v) is 8.08. The van der Waals surface area contributed by atoms with Gasteiger partial charge in [0.1, 0.15) is 11.4 Å². The predicted octanol–water partition coefficient (Wildman–Crippen LogP) is 4.79. The Bertz CT molecular complexity index is 1220. The molecule has 0 unspecified atom stereocenters. The molecule has 4 rings (SSSR count). The lowest BCUT2D eigenvalue weighted by molar-refractivity contribution is 0.396. The molecule has 0 saturated carbocycles. The number of nitrogens with zero attached hydrogens (tertiary/aromatic N) is 6. The highest BCUT2D eigenvalue weighted by atomic mass is 16.5. The first-order valence-electron chi connectivity index (χ1n) is 10.8. The van der Waals surface area contributed by atoms with Gasteiger partial charge < -0.3 is 9.30 Å². The third-order valence-corrected chi connectivity index (χ3v) is 5.66. The molecule has 0 bridgehead atoms. The number of methoxy groups -OCH3 is 1. The number of hydrogen-bond donors (Lipinski definition) is 0. The van der Waals surface area contributed by atoms with E-state index in [1.807, 2.05) is 42.1 Å². The lowest BCUT2D eigenvalue weighted by atomic mass is 9.94. The first kappa shape index (κ1) is 21.6. The quantitative estimate of drug-likeness (QED) is 0.421. The summed E-state index contributed by atoms with van der Waals surface area (Å²) in [6.45, 7) is 8.26. The molecule has 0 spiro atoms. The van der Waals surface area contributed by atoms with Crippen LogP contribution in [-0.4, -0.2) is 36.8 Å². The Morgan fingerprint density at radius 1 is 1.00 bits per heavy atom. The van der Waals surface area contributed by atoms with E-state index < -0.39 is 0 Å². The Morgan fingerprint density at radius 3 is 2.47 bits per heavy atom. The summed E-state index contributed by atoms with van der Waals surface area (Å²) in [5.74, 6) is 0.825. The molecule has 32 heavy (non-hydrogen) atoms. The fourth-order valence-corrected chi connectivity index (χ4v) is 3.72. The van der Waals surface area contributed by atoms with Gasteiger partial charge in [0, 0.05) is 30.4 Å². The molecule has 7 heteroatoms. The average Bonchev–Trinajstić information content (AvgIpc) is 3.24. The van der Waals surface area contributed by atoms with E-state index in [0.29, 0.717) is 11.8 Å². The molecule has 4 aromatic heterocycles. The van der Waals surface area contributed by atoms with E-state index in [9.17, 15) is 0 Å². The predicted molar refractivity (Wildman–Crippen MR) is 124 cm³/mol. The second kappa shape index (κ2) is 9.26.